The maximum Gasteiger partial charge on any atom is 0.146 e. The van der Waals surface area contributed by atoms with E-state index in [1.807, 2.05) is 0 Å². The summed E-state index contributed by atoms with van der Waals surface area (Å²) in [5.74, 6) is 0. The van der Waals surface area contributed by atoms with E-state index >= 15 is 0 Å². The highest BCUT2D eigenvalue weighted by molar-refractivity contribution is 6.42. The fraction of sp³-hybridized carbons (Fsp3) is 0.140. The molecule has 0 radical (unpaired) electrons. The first-order valence-corrected chi connectivity index (χ1v) is 21.6. The third kappa shape index (κ3) is 4.57. The van der Waals surface area contributed by atoms with Crippen LogP contribution >= 0.6 is 0 Å². The molecular weight excluding hydrogens is 741 g/mol. The molecule has 0 amide bonds. The summed E-state index contributed by atoms with van der Waals surface area (Å²) >= 11 is 0. The summed E-state index contributed by atoms with van der Waals surface area (Å²) in [6.45, 7) is 13.9. The molecule has 61 heavy (non-hydrogen) atoms. The molecule has 5 heterocycles. The molecule has 0 aliphatic carbocycles. The van der Waals surface area contributed by atoms with Gasteiger partial charge < -0.3 is 9.30 Å². The smallest absolute Gasteiger partial charge is 0.146 e. The minimum atomic E-state index is -0.0931. The molecule has 0 aliphatic heterocycles. The number of benzene rings is 8. The number of para-hydroxylation sites is 2. The number of hydrogen-bond acceptors (Lipinski definition) is 2. The Bertz CT molecular complexity index is 3890. The molecule has 0 aliphatic rings. The molecule has 0 unspecified atom stereocenters. The van der Waals surface area contributed by atoms with Crippen molar-refractivity contribution in [2.45, 2.75) is 52.4 Å². The monoisotopic (exact) mass is 784 g/mol. The lowest BCUT2D eigenvalue weighted by atomic mass is 9.85. The first-order chi connectivity index (χ1) is 29.6. The SMILES string of the molecule is CC(C)(C)c1ccc2c(c1)c1cc3ccccc3c3c4c5c6c7ccccc7cc7c8cc(C(C)(C)C)cc(N(c9ccccc9)c9ccccc9)c8n(c5cnc4n2c13)c76. The van der Waals surface area contributed by atoms with Crippen molar-refractivity contribution >= 4 is 115 Å². The minimum Gasteiger partial charge on any atom is -0.308 e. The highest BCUT2D eigenvalue weighted by Crippen LogP contribution is 2.52. The van der Waals surface area contributed by atoms with E-state index in [1.165, 1.54) is 97.8 Å². The highest BCUT2D eigenvalue weighted by Gasteiger charge is 2.31. The van der Waals surface area contributed by atoms with Crippen LogP contribution in [0.3, 0.4) is 0 Å². The molecule has 0 atom stereocenters. The van der Waals surface area contributed by atoms with Crippen molar-refractivity contribution < 1.29 is 0 Å². The first kappa shape index (κ1) is 34.7. The van der Waals surface area contributed by atoms with Crippen LogP contribution in [0.4, 0.5) is 17.1 Å². The molecule has 292 valence electrons. The van der Waals surface area contributed by atoms with Crippen molar-refractivity contribution in [3.8, 4) is 0 Å². The standard InChI is InChI=1S/C57H44N4/c1-56(2,3)35-25-26-45-41(29-35)42-27-33-17-14-16-24-40(33)49-51-50-47(32-58-55(51)61(45)54(42)49)60-52-44(43-28-34-18-13-15-23-39(34)48(50)53(43)60)30-36(57(4,5)6)31-46(52)59(37-19-9-7-10-20-37)38-21-11-8-12-22-38/h7-32H,1-6H3. The molecule has 0 fully saturated rings. The van der Waals surface area contributed by atoms with Gasteiger partial charge in [-0.05, 0) is 104 Å². The molecule has 8 aromatic carbocycles. The lowest BCUT2D eigenvalue weighted by Crippen LogP contribution is -2.15. The van der Waals surface area contributed by atoms with Crippen LogP contribution in [0.5, 0.6) is 0 Å². The molecule has 0 bridgehead atoms. The number of rotatable bonds is 3. The maximum atomic E-state index is 5.58. The summed E-state index contributed by atoms with van der Waals surface area (Å²) in [7, 11) is 0. The summed E-state index contributed by atoms with van der Waals surface area (Å²) < 4.78 is 5.04. The van der Waals surface area contributed by atoms with E-state index in [9.17, 15) is 0 Å². The topological polar surface area (TPSA) is 24.9 Å². The zero-order valence-corrected chi connectivity index (χ0v) is 35.3. The second-order valence-electron chi connectivity index (χ2n) is 19.3. The molecule has 5 aromatic heterocycles. The summed E-state index contributed by atoms with van der Waals surface area (Å²) in [6, 6.07) is 56.5. The highest BCUT2D eigenvalue weighted by atomic mass is 15.2. The molecule has 0 saturated heterocycles. The van der Waals surface area contributed by atoms with Crippen LogP contribution in [0.1, 0.15) is 52.7 Å². The van der Waals surface area contributed by atoms with Crippen molar-refractivity contribution in [1.82, 2.24) is 13.8 Å². The largest absolute Gasteiger partial charge is 0.308 e. The van der Waals surface area contributed by atoms with Crippen molar-refractivity contribution in [1.29, 1.82) is 0 Å². The van der Waals surface area contributed by atoms with E-state index in [4.69, 9.17) is 4.98 Å². The van der Waals surface area contributed by atoms with Crippen molar-refractivity contribution in [2.75, 3.05) is 4.90 Å². The number of fused-ring (bicyclic) bond motifs is 17. The number of hydrogen-bond donors (Lipinski definition) is 0. The summed E-state index contributed by atoms with van der Waals surface area (Å²) in [4.78, 5) is 8.04. The van der Waals surface area contributed by atoms with Crippen molar-refractivity contribution in [3.63, 3.8) is 0 Å². The lowest BCUT2D eigenvalue weighted by molar-refractivity contribution is 0.591. The molecule has 13 aromatic rings. The second-order valence-corrected chi connectivity index (χ2v) is 19.3. The zero-order chi connectivity index (χ0) is 41.1. The van der Waals surface area contributed by atoms with Gasteiger partial charge in [-0.3, -0.25) is 4.40 Å². The van der Waals surface area contributed by atoms with Crippen LogP contribution in [0, 0.1) is 0 Å². The molecule has 0 spiro atoms. The van der Waals surface area contributed by atoms with Crippen LogP contribution in [-0.4, -0.2) is 13.8 Å². The molecule has 4 heteroatoms. The number of pyridine rings is 1. The number of anilines is 3. The Hall–Kier alpha value is -7.17. The Morgan fingerprint density at radius 1 is 0.410 bits per heavy atom. The third-order valence-corrected chi connectivity index (χ3v) is 13.6. The Morgan fingerprint density at radius 3 is 1.56 bits per heavy atom. The molecule has 0 saturated carbocycles. The molecule has 4 nitrogen and oxygen atoms in total. The summed E-state index contributed by atoms with van der Waals surface area (Å²) in [5.41, 5.74) is 13.0. The van der Waals surface area contributed by atoms with Gasteiger partial charge in [-0.2, -0.15) is 0 Å². The summed E-state index contributed by atoms with van der Waals surface area (Å²) in [6.07, 6.45) is 2.17. The first-order valence-electron chi connectivity index (χ1n) is 21.6. The Labute approximate surface area is 353 Å². The third-order valence-electron chi connectivity index (χ3n) is 13.6. The van der Waals surface area contributed by atoms with Crippen LogP contribution in [0.25, 0.3) is 97.9 Å². The predicted octanol–water partition coefficient (Wildman–Crippen LogP) is 15.8. The van der Waals surface area contributed by atoms with Gasteiger partial charge in [0.1, 0.15) is 5.65 Å². The van der Waals surface area contributed by atoms with E-state index in [-0.39, 0.29) is 10.8 Å². The van der Waals surface area contributed by atoms with E-state index in [0.717, 1.165) is 28.2 Å². The number of aromatic nitrogens is 3. The molecular formula is C57H44N4. The van der Waals surface area contributed by atoms with Crippen LogP contribution in [-0.2, 0) is 10.8 Å². The molecule has 0 N–H and O–H groups in total. The quantitative estimate of drug-likeness (QED) is 0.178. The Morgan fingerprint density at radius 2 is 0.934 bits per heavy atom. The van der Waals surface area contributed by atoms with Gasteiger partial charge in [-0.1, -0.05) is 133 Å². The van der Waals surface area contributed by atoms with Gasteiger partial charge in [0.2, 0.25) is 0 Å². The van der Waals surface area contributed by atoms with Gasteiger partial charge in [0.05, 0.1) is 39.5 Å². The lowest BCUT2D eigenvalue weighted by Gasteiger charge is -2.29. The Kier molecular flexibility index (Phi) is 6.69. The predicted molar refractivity (Wildman–Crippen MR) is 261 cm³/mol. The van der Waals surface area contributed by atoms with E-state index < -0.39 is 0 Å². The fourth-order valence-electron chi connectivity index (χ4n) is 10.7. The maximum absolute atomic E-state index is 5.58. The Balaban J connectivity index is 1.30. The van der Waals surface area contributed by atoms with Gasteiger partial charge in [-0.25, -0.2) is 4.98 Å². The summed E-state index contributed by atoms with van der Waals surface area (Å²) in [5, 5.41) is 15.2. The normalized spacial score (nSPS) is 13.1. The van der Waals surface area contributed by atoms with Gasteiger partial charge in [0.15, 0.2) is 0 Å². The van der Waals surface area contributed by atoms with Gasteiger partial charge in [-0.15, -0.1) is 0 Å². The average molecular weight is 785 g/mol. The van der Waals surface area contributed by atoms with Crippen LogP contribution in [0.15, 0.2) is 158 Å². The molecule has 13 rings (SSSR count). The second kappa shape index (κ2) is 11.8. The van der Waals surface area contributed by atoms with Crippen molar-refractivity contribution in [2.24, 2.45) is 0 Å². The zero-order valence-electron chi connectivity index (χ0n) is 35.3. The number of nitrogens with zero attached hydrogens (tertiary/aromatic N) is 4. The van der Waals surface area contributed by atoms with Gasteiger partial charge in [0.25, 0.3) is 0 Å². The van der Waals surface area contributed by atoms with Gasteiger partial charge in [0, 0.05) is 54.5 Å². The van der Waals surface area contributed by atoms with E-state index in [2.05, 4.69) is 213 Å². The minimum absolute atomic E-state index is 0.0302. The fourth-order valence-corrected chi connectivity index (χ4v) is 10.7. The van der Waals surface area contributed by atoms with Crippen LogP contribution < -0.4 is 4.90 Å². The van der Waals surface area contributed by atoms with Crippen LogP contribution in [0.2, 0.25) is 0 Å². The van der Waals surface area contributed by atoms with E-state index in [1.54, 1.807) is 0 Å². The van der Waals surface area contributed by atoms with Crippen molar-refractivity contribution in [3.05, 3.63) is 169 Å². The average Bonchev–Trinajstić information content (AvgIpc) is 3.99. The van der Waals surface area contributed by atoms with E-state index in [0.29, 0.717) is 0 Å². The van der Waals surface area contributed by atoms with Gasteiger partial charge >= 0.3 is 0 Å².